The van der Waals surface area contributed by atoms with E-state index in [2.05, 4.69) is 48.2 Å². The van der Waals surface area contributed by atoms with Crippen molar-refractivity contribution in [3.8, 4) is 11.5 Å². The topological polar surface area (TPSA) is 32.7 Å². The molecule has 0 radical (unpaired) electrons. The maximum absolute atomic E-state index is 9.69. The van der Waals surface area contributed by atoms with Crippen LogP contribution in [0.4, 0.5) is 0 Å². The average Bonchev–Trinajstić information content (AvgIpc) is 2.74. The minimum absolute atomic E-state index is 0.282. The quantitative estimate of drug-likeness (QED) is 0.503. The molecule has 0 saturated carbocycles. The predicted molar refractivity (Wildman–Crippen MR) is 121 cm³/mol. The van der Waals surface area contributed by atoms with Gasteiger partial charge >= 0.3 is 0 Å². The van der Waals surface area contributed by atoms with E-state index in [0.717, 1.165) is 29.8 Å². The summed E-state index contributed by atoms with van der Waals surface area (Å²) < 4.78 is 5.86. The fourth-order valence-corrected chi connectivity index (χ4v) is 3.37. The molecule has 0 fully saturated rings. The summed E-state index contributed by atoms with van der Waals surface area (Å²) in [7, 11) is 4.08. The normalized spacial score (nSPS) is 12.0. The third kappa shape index (κ3) is 5.49. The smallest absolute Gasteiger partial charge is 0.119 e. The minimum Gasteiger partial charge on any atom is -0.508 e. The summed E-state index contributed by atoms with van der Waals surface area (Å²) >= 11 is 0. The zero-order chi connectivity index (χ0) is 20.6. The Morgan fingerprint density at radius 3 is 1.97 bits per heavy atom. The predicted octanol–water partition coefficient (Wildman–Crippen LogP) is 5.70. The molecule has 3 heteroatoms. The van der Waals surface area contributed by atoms with Crippen molar-refractivity contribution < 1.29 is 9.84 Å². The molecule has 0 aliphatic rings. The van der Waals surface area contributed by atoms with Crippen molar-refractivity contribution in [3.05, 3.63) is 95.6 Å². The van der Waals surface area contributed by atoms with Gasteiger partial charge in [0.1, 0.15) is 18.1 Å². The number of nitrogens with zero attached hydrogens (tertiary/aromatic N) is 1. The first-order valence-electron chi connectivity index (χ1n) is 10.0. The van der Waals surface area contributed by atoms with Gasteiger partial charge in [-0.1, -0.05) is 61.5 Å². The number of aromatic hydroxyl groups is 1. The van der Waals surface area contributed by atoms with E-state index in [1.807, 2.05) is 44.4 Å². The number of hydrogen-bond donors (Lipinski definition) is 1. The van der Waals surface area contributed by atoms with E-state index in [1.165, 1.54) is 16.7 Å². The van der Waals surface area contributed by atoms with Crippen LogP contribution in [0.25, 0.3) is 11.1 Å². The van der Waals surface area contributed by atoms with Crippen molar-refractivity contribution in [1.82, 2.24) is 4.90 Å². The van der Waals surface area contributed by atoms with Crippen LogP contribution < -0.4 is 4.74 Å². The number of rotatable bonds is 8. The van der Waals surface area contributed by atoms with Gasteiger partial charge in [0, 0.05) is 6.54 Å². The molecule has 3 rings (SSSR count). The second kappa shape index (κ2) is 9.94. The highest BCUT2D eigenvalue weighted by molar-refractivity contribution is 5.98. The Morgan fingerprint density at radius 1 is 0.793 bits per heavy atom. The monoisotopic (exact) mass is 387 g/mol. The van der Waals surface area contributed by atoms with E-state index in [0.29, 0.717) is 6.61 Å². The molecule has 0 aliphatic carbocycles. The molecule has 0 amide bonds. The summed E-state index contributed by atoms with van der Waals surface area (Å²) in [5.41, 5.74) is 5.91. The molecule has 3 nitrogen and oxygen atoms in total. The Kier molecular flexibility index (Phi) is 7.09. The maximum Gasteiger partial charge on any atom is 0.119 e. The zero-order valence-electron chi connectivity index (χ0n) is 17.4. The highest BCUT2D eigenvalue weighted by atomic mass is 16.5. The van der Waals surface area contributed by atoms with Gasteiger partial charge in [-0.05, 0) is 72.6 Å². The summed E-state index contributed by atoms with van der Waals surface area (Å²) in [6.07, 6.45) is 0.885. The number of phenols is 1. The van der Waals surface area contributed by atoms with Crippen LogP contribution >= 0.6 is 0 Å². The SMILES string of the molecule is CC/C(=C(/c1ccccc1)c1ccc(OCCN(C)C)cc1)c1ccc(O)cc1. The lowest BCUT2D eigenvalue weighted by Gasteiger charge is -2.17. The molecule has 3 aromatic rings. The molecule has 0 heterocycles. The summed E-state index contributed by atoms with van der Waals surface area (Å²) in [4.78, 5) is 2.11. The fraction of sp³-hybridized carbons (Fsp3) is 0.231. The highest BCUT2D eigenvalue weighted by Crippen LogP contribution is 2.35. The average molecular weight is 388 g/mol. The Balaban J connectivity index is 2.01. The maximum atomic E-state index is 9.69. The van der Waals surface area contributed by atoms with Crippen molar-refractivity contribution in [2.24, 2.45) is 0 Å². The van der Waals surface area contributed by atoms with Crippen molar-refractivity contribution in [1.29, 1.82) is 0 Å². The molecule has 0 atom stereocenters. The van der Waals surface area contributed by atoms with Crippen LogP contribution in [0.5, 0.6) is 11.5 Å². The third-order valence-corrected chi connectivity index (χ3v) is 4.88. The molecule has 150 valence electrons. The summed E-state index contributed by atoms with van der Waals surface area (Å²) in [5, 5.41) is 9.69. The van der Waals surface area contributed by atoms with Crippen LogP contribution in [-0.4, -0.2) is 37.3 Å². The largest absolute Gasteiger partial charge is 0.508 e. The van der Waals surface area contributed by atoms with Crippen molar-refractivity contribution in [3.63, 3.8) is 0 Å². The molecular weight excluding hydrogens is 358 g/mol. The Morgan fingerprint density at radius 2 is 1.38 bits per heavy atom. The van der Waals surface area contributed by atoms with Gasteiger partial charge in [-0.15, -0.1) is 0 Å². The van der Waals surface area contributed by atoms with Crippen LogP contribution in [0.1, 0.15) is 30.0 Å². The number of hydrogen-bond acceptors (Lipinski definition) is 3. The second-order valence-electron chi connectivity index (χ2n) is 7.30. The van der Waals surface area contributed by atoms with Gasteiger partial charge in [0.2, 0.25) is 0 Å². The number of benzene rings is 3. The van der Waals surface area contributed by atoms with Crippen LogP contribution in [-0.2, 0) is 0 Å². The first-order valence-corrected chi connectivity index (χ1v) is 10.0. The van der Waals surface area contributed by atoms with Crippen molar-refractivity contribution in [2.75, 3.05) is 27.2 Å². The molecule has 0 bridgehead atoms. The summed E-state index contributed by atoms with van der Waals surface area (Å²) in [5.74, 6) is 1.16. The lowest BCUT2D eigenvalue weighted by Crippen LogP contribution is -2.19. The molecule has 0 aromatic heterocycles. The lowest BCUT2D eigenvalue weighted by molar-refractivity contribution is 0.261. The summed E-state index contributed by atoms with van der Waals surface area (Å²) in [6, 6.07) is 26.3. The van der Waals surface area contributed by atoms with Crippen LogP contribution in [0.2, 0.25) is 0 Å². The van der Waals surface area contributed by atoms with Crippen LogP contribution in [0.3, 0.4) is 0 Å². The van der Waals surface area contributed by atoms with Crippen LogP contribution in [0.15, 0.2) is 78.9 Å². The van der Waals surface area contributed by atoms with E-state index in [4.69, 9.17) is 4.74 Å². The Hall–Kier alpha value is -3.04. The van der Waals surface area contributed by atoms with E-state index in [9.17, 15) is 5.11 Å². The van der Waals surface area contributed by atoms with E-state index < -0.39 is 0 Å². The molecule has 29 heavy (non-hydrogen) atoms. The molecule has 0 unspecified atom stereocenters. The molecule has 3 aromatic carbocycles. The van der Waals surface area contributed by atoms with Gasteiger partial charge in [0.15, 0.2) is 0 Å². The standard InChI is InChI=1S/C26H29NO2/c1-4-25(20-10-14-23(28)15-11-20)26(21-8-6-5-7-9-21)22-12-16-24(17-13-22)29-19-18-27(2)3/h5-17,28H,4,18-19H2,1-3H3/b26-25+. The van der Waals surface area contributed by atoms with Crippen LogP contribution in [0, 0.1) is 0 Å². The van der Waals surface area contributed by atoms with E-state index in [-0.39, 0.29) is 5.75 Å². The molecule has 0 aliphatic heterocycles. The van der Waals surface area contributed by atoms with Crippen molar-refractivity contribution >= 4 is 11.1 Å². The first kappa shape index (κ1) is 20.7. The van der Waals surface area contributed by atoms with Gasteiger partial charge in [-0.25, -0.2) is 0 Å². The molecule has 1 N–H and O–H groups in total. The zero-order valence-corrected chi connectivity index (χ0v) is 17.4. The third-order valence-electron chi connectivity index (χ3n) is 4.88. The second-order valence-corrected chi connectivity index (χ2v) is 7.30. The Labute approximate surface area is 173 Å². The van der Waals surface area contributed by atoms with E-state index >= 15 is 0 Å². The molecule has 0 saturated heterocycles. The van der Waals surface area contributed by atoms with Gasteiger partial charge in [0.25, 0.3) is 0 Å². The first-order chi connectivity index (χ1) is 14.1. The minimum atomic E-state index is 0.282. The lowest BCUT2D eigenvalue weighted by atomic mass is 9.88. The van der Waals surface area contributed by atoms with Crippen molar-refractivity contribution in [2.45, 2.75) is 13.3 Å². The molecular formula is C26H29NO2. The van der Waals surface area contributed by atoms with Gasteiger partial charge in [0.05, 0.1) is 0 Å². The molecule has 0 spiro atoms. The summed E-state index contributed by atoms with van der Waals surface area (Å²) in [6.45, 7) is 3.73. The van der Waals surface area contributed by atoms with Gasteiger partial charge < -0.3 is 14.7 Å². The highest BCUT2D eigenvalue weighted by Gasteiger charge is 2.13. The fourth-order valence-electron chi connectivity index (χ4n) is 3.37. The van der Waals surface area contributed by atoms with Gasteiger partial charge in [-0.2, -0.15) is 0 Å². The number of allylic oxidation sites excluding steroid dienone is 1. The number of phenolic OH excluding ortho intramolecular Hbond substituents is 1. The Bertz CT molecular complexity index is 927. The van der Waals surface area contributed by atoms with E-state index in [1.54, 1.807) is 12.1 Å². The number of ether oxygens (including phenoxy) is 1. The number of likely N-dealkylation sites (N-methyl/N-ethyl adjacent to an activating group) is 1. The van der Waals surface area contributed by atoms with Gasteiger partial charge in [-0.3, -0.25) is 0 Å².